The Bertz CT molecular complexity index is 1020. The molecule has 1 N–H and O–H groups in total. The molecule has 2 heterocycles. The van der Waals surface area contributed by atoms with Crippen molar-refractivity contribution in [3.05, 3.63) is 45.8 Å². The first-order chi connectivity index (χ1) is 14.2. The first-order valence-electron chi connectivity index (χ1n) is 10.2. The highest BCUT2D eigenvalue weighted by Gasteiger charge is 2.30. The zero-order valence-electron chi connectivity index (χ0n) is 17.7. The number of aromatic nitrogens is 2. The molecule has 1 atom stereocenters. The zero-order chi connectivity index (χ0) is 21.9. The van der Waals surface area contributed by atoms with Gasteiger partial charge in [0.15, 0.2) is 0 Å². The average molecular weight is 436 g/mol. The molecular formula is C20H29N5O4S. The molecular weight excluding hydrogens is 406 g/mol. The predicted octanol–water partition coefficient (Wildman–Crippen LogP) is 3.33. The molecule has 1 aliphatic rings. The molecule has 1 aliphatic heterocycles. The third kappa shape index (κ3) is 4.99. The molecule has 10 heteroatoms. The summed E-state index contributed by atoms with van der Waals surface area (Å²) in [4.78, 5) is 11.0. The van der Waals surface area contributed by atoms with E-state index in [1.165, 1.54) is 16.4 Å². The number of nitro groups is 1. The van der Waals surface area contributed by atoms with Crippen LogP contribution >= 0.6 is 0 Å². The van der Waals surface area contributed by atoms with E-state index in [1.54, 1.807) is 0 Å². The minimum absolute atomic E-state index is 0.0310. The summed E-state index contributed by atoms with van der Waals surface area (Å²) in [6, 6.07) is 6.10. The molecule has 30 heavy (non-hydrogen) atoms. The van der Waals surface area contributed by atoms with E-state index in [9.17, 15) is 18.5 Å². The van der Waals surface area contributed by atoms with Gasteiger partial charge in [-0.2, -0.15) is 9.40 Å². The van der Waals surface area contributed by atoms with E-state index in [2.05, 4.69) is 10.4 Å². The molecule has 1 fully saturated rings. The molecule has 0 bridgehead atoms. The summed E-state index contributed by atoms with van der Waals surface area (Å²) in [5, 5.41) is 19.0. The topological polar surface area (TPSA) is 110 Å². The fraction of sp³-hybridized carbons (Fsp3) is 0.550. The van der Waals surface area contributed by atoms with Crippen LogP contribution in [-0.2, 0) is 16.6 Å². The minimum atomic E-state index is -3.74. The summed E-state index contributed by atoms with van der Waals surface area (Å²) in [5.74, 6) is 0.284. The van der Waals surface area contributed by atoms with Gasteiger partial charge in [0.25, 0.3) is 5.69 Å². The lowest BCUT2D eigenvalue weighted by Gasteiger charge is -2.30. The van der Waals surface area contributed by atoms with E-state index in [0.717, 1.165) is 36.7 Å². The van der Waals surface area contributed by atoms with Crippen LogP contribution in [0.2, 0.25) is 0 Å². The number of nitrogens with one attached hydrogen (secondary N) is 1. The third-order valence-corrected chi connectivity index (χ3v) is 7.25. The Kier molecular flexibility index (Phi) is 6.77. The molecule has 164 valence electrons. The standard InChI is InChI=1S/C20H29N5O4S/c1-15-6-4-10-23(14-15)30(28,29)18-7-8-19(20(13-18)25(26)27)21-9-5-11-24-17(3)12-16(2)22-24/h7-8,12-13,15,21H,4-6,9-11,14H2,1-3H3. The minimum Gasteiger partial charge on any atom is -0.379 e. The molecule has 1 aromatic carbocycles. The number of aryl methyl sites for hydroxylation is 3. The van der Waals surface area contributed by atoms with Crippen LogP contribution in [0.3, 0.4) is 0 Å². The highest BCUT2D eigenvalue weighted by molar-refractivity contribution is 7.89. The Hall–Kier alpha value is -2.46. The van der Waals surface area contributed by atoms with Crippen LogP contribution in [0, 0.1) is 29.9 Å². The number of rotatable bonds is 8. The second-order valence-corrected chi connectivity index (χ2v) is 9.92. The lowest BCUT2D eigenvalue weighted by molar-refractivity contribution is -0.384. The summed E-state index contributed by atoms with van der Waals surface area (Å²) in [6.07, 6.45) is 2.52. The summed E-state index contributed by atoms with van der Waals surface area (Å²) < 4.78 is 29.2. The number of sulfonamides is 1. The maximum atomic E-state index is 12.9. The first-order valence-corrected chi connectivity index (χ1v) is 11.7. The largest absolute Gasteiger partial charge is 0.379 e. The van der Waals surface area contributed by atoms with Crippen molar-refractivity contribution < 1.29 is 13.3 Å². The van der Waals surface area contributed by atoms with E-state index in [4.69, 9.17) is 0 Å². The molecule has 3 rings (SSSR count). The normalized spacial score (nSPS) is 17.8. The van der Waals surface area contributed by atoms with Crippen molar-refractivity contribution in [2.24, 2.45) is 5.92 Å². The Morgan fingerprint density at radius 1 is 1.30 bits per heavy atom. The van der Waals surface area contributed by atoms with Gasteiger partial charge < -0.3 is 5.32 Å². The molecule has 2 aromatic rings. The maximum Gasteiger partial charge on any atom is 0.293 e. The monoisotopic (exact) mass is 435 g/mol. The van der Waals surface area contributed by atoms with Crippen molar-refractivity contribution in [1.29, 1.82) is 0 Å². The molecule has 1 aromatic heterocycles. The summed E-state index contributed by atoms with van der Waals surface area (Å²) >= 11 is 0. The third-order valence-electron chi connectivity index (χ3n) is 5.39. The first kappa shape index (κ1) is 22.2. The molecule has 9 nitrogen and oxygen atoms in total. The lowest BCUT2D eigenvalue weighted by Crippen LogP contribution is -2.39. The molecule has 0 aliphatic carbocycles. The number of hydrogen-bond acceptors (Lipinski definition) is 6. The van der Waals surface area contributed by atoms with Crippen molar-refractivity contribution >= 4 is 21.4 Å². The van der Waals surface area contributed by atoms with Gasteiger partial charge in [-0.3, -0.25) is 14.8 Å². The van der Waals surface area contributed by atoms with Gasteiger partial charge in [-0.05, 0) is 57.2 Å². The fourth-order valence-corrected chi connectivity index (χ4v) is 5.46. The van der Waals surface area contributed by atoms with Gasteiger partial charge >= 0.3 is 0 Å². The summed E-state index contributed by atoms with van der Waals surface area (Å²) in [7, 11) is -3.74. The van der Waals surface area contributed by atoms with Crippen molar-refractivity contribution in [2.45, 2.75) is 51.5 Å². The van der Waals surface area contributed by atoms with Crippen LogP contribution < -0.4 is 5.32 Å². The van der Waals surface area contributed by atoms with Gasteiger partial charge in [0.05, 0.1) is 15.5 Å². The van der Waals surface area contributed by atoms with E-state index < -0.39 is 14.9 Å². The number of nitrogens with zero attached hydrogens (tertiary/aromatic N) is 4. The average Bonchev–Trinajstić information content (AvgIpc) is 3.02. The molecule has 0 spiro atoms. The number of nitro benzene ring substituents is 1. The number of benzene rings is 1. The van der Waals surface area contributed by atoms with E-state index in [0.29, 0.717) is 31.9 Å². The van der Waals surface area contributed by atoms with Gasteiger partial charge in [0.2, 0.25) is 10.0 Å². The quantitative estimate of drug-likeness (QED) is 0.387. The number of hydrogen-bond donors (Lipinski definition) is 1. The predicted molar refractivity (Wildman–Crippen MR) is 115 cm³/mol. The highest BCUT2D eigenvalue weighted by atomic mass is 32.2. The van der Waals surface area contributed by atoms with Gasteiger partial charge in [-0.25, -0.2) is 8.42 Å². The Morgan fingerprint density at radius 3 is 2.70 bits per heavy atom. The van der Waals surface area contributed by atoms with Crippen LogP contribution in [0.5, 0.6) is 0 Å². The molecule has 0 saturated carbocycles. The Morgan fingerprint density at radius 2 is 2.07 bits per heavy atom. The van der Waals surface area contributed by atoms with E-state index >= 15 is 0 Å². The van der Waals surface area contributed by atoms with Gasteiger partial charge in [0.1, 0.15) is 5.69 Å². The molecule has 0 radical (unpaired) electrons. The van der Waals surface area contributed by atoms with Gasteiger partial charge in [-0.15, -0.1) is 0 Å². The van der Waals surface area contributed by atoms with Crippen molar-refractivity contribution in [3.8, 4) is 0 Å². The van der Waals surface area contributed by atoms with Crippen LogP contribution in [-0.4, -0.2) is 47.1 Å². The van der Waals surface area contributed by atoms with E-state index in [-0.39, 0.29) is 16.5 Å². The lowest BCUT2D eigenvalue weighted by atomic mass is 10.0. The summed E-state index contributed by atoms with van der Waals surface area (Å²) in [6.45, 7) is 8.04. The van der Waals surface area contributed by atoms with Crippen LogP contribution in [0.15, 0.2) is 29.2 Å². The fourth-order valence-electron chi connectivity index (χ4n) is 3.84. The highest BCUT2D eigenvalue weighted by Crippen LogP contribution is 2.30. The van der Waals surface area contributed by atoms with Crippen LogP contribution in [0.4, 0.5) is 11.4 Å². The zero-order valence-corrected chi connectivity index (χ0v) is 18.5. The van der Waals surface area contributed by atoms with Gasteiger partial charge in [-0.1, -0.05) is 6.92 Å². The number of anilines is 1. The second-order valence-electron chi connectivity index (χ2n) is 7.98. The van der Waals surface area contributed by atoms with E-state index in [1.807, 2.05) is 31.5 Å². The maximum absolute atomic E-state index is 12.9. The van der Waals surface area contributed by atoms with Crippen molar-refractivity contribution in [3.63, 3.8) is 0 Å². The van der Waals surface area contributed by atoms with Gasteiger partial charge in [0, 0.05) is 37.9 Å². The summed E-state index contributed by atoms with van der Waals surface area (Å²) in [5.41, 5.74) is 2.11. The van der Waals surface area contributed by atoms with Crippen LogP contribution in [0.25, 0.3) is 0 Å². The molecule has 0 amide bonds. The smallest absolute Gasteiger partial charge is 0.293 e. The second kappa shape index (κ2) is 9.13. The number of piperidine rings is 1. The Labute approximate surface area is 177 Å². The van der Waals surface area contributed by atoms with Crippen molar-refractivity contribution in [1.82, 2.24) is 14.1 Å². The molecule has 1 unspecified atom stereocenters. The SMILES string of the molecule is Cc1cc(C)n(CCCNc2ccc(S(=O)(=O)N3CCCC(C)C3)cc2[N+](=O)[O-])n1. The van der Waals surface area contributed by atoms with Crippen LogP contribution in [0.1, 0.15) is 37.6 Å². The molecule has 1 saturated heterocycles. The van der Waals surface area contributed by atoms with Crippen molar-refractivity contribution in [2.75, 3.05) is 25.0 Å². The Balaban J connectivity index is 1.70.